The molecule has 0 spiro atoms. The molecule has 0 saturated heterocycles. The Bertz CT molecular complexity index is 570. The molecule has 0 atom stereocenters. The van der Waals surface area contributed by atoms with E-state index >= 15 is 0 Å². The van der Waals surface area contributed by atoms with Crippen LogP contribution >= 0.6 is 11.3 Å². The third-order valence-corrected chi connectivity index (χ3v) is 4.02. The van der Waals surface area contributed by atoms with Crippen molar-refractivity contribution in [2.45, 2.75) is 25.9 Å². The lowest BCUT2D eigenvalue weighted by Gasteiger charge is -2.24. The number of ether oxygens (including phenoxy) is 1. The molecule has 0 aliphatic heterocycles. The number of hydrogen-bond donors (Lipinski definition) is 1. The van der Waals surface area contributed by atoms with Gasteiger partial charge in [0.2, 0.25) is 0 Å². The predicted molar refractivity (Wildman–Crippen MR) is 79.5 cm³/mol. The van der Waals surface area contributed by atoms with Crippen molar-refractivity contribution in [2.75, 3.05) is 6.61 Å². The van der Waals surface area contributed by atoms with E-state index in [9.17, 15) is 0 Å². The predicted octanol–water partition coefficient (Wildman–Crippen LogP) is 3.07. The van der Waals surface area contributed by atoms with Gasteiger partial charge in [0.05, 0.1) is 5.54 Å². The average molecular weight is 287 g/mol. The molecule has 1 heterocycles. The van der Waals surface area contributed by atoms with E-state index in [1.54, 1.807) is 11.3 Å². The van der Waals surface area contributed by atoms with Crippen molar-refractivity contribution in [1.82, 2.24) is 10.3 Å². The van der Waals surface area contributed by atoms with Crippen molar-refractivity contribution in [3.05, 3.63) is 46.4 Å². The second kappa shape index (κ2) is 6.51. The van der Waals surface area contributed by atoms with E-state index in [1.807, 2.05) is 41.9 Å². The number of nitrogens with one attached hydrogen (secondary N) is 1. The lowest BCUT2D eigenvalue weighted by Crippen LogP contribution is -2.35. The molecule has 4 nitrogen and oxygen atoms in total. The Labute approximate surface area is 123 Å². The highest BCUT2D eigenvalue weighted by Crippen LogP contribution is 2.22. The van der Waals surface area contributed by atoms with E-state index in [-0.39, 0.29) is 12.1 Å². The molecule has 1 aromatic carbocycles. The number of rotatable bonds is 6. The zero-order chi connectivity index (χ0) is 14.4. The molecule has 20 heavy (non-hydrogen) atoms. The van der Waals surface area contributed by atoms with Gasteiger partial charge in [-0.3, -0.25) is 0 Å². The van der Waals surface area contributed by atoms with Gasteiger partial charge < -0.3 is 10.1 Å². The normalized spacial score (nSPS) is 11.1. The Morgan fingerprint density at radius 2 is 2.10 bits per heavy atom. The van der Waals surface area contributed by atoms with Gasteiger partial charge in [0.25, 0.3) is 0 Å². The standard InChI is InChI=1S/C15H17N3OS/c1-15(2,14-17-8-10-20-14)18-11-12-3-5-13(6-4-12)19-9-7-16/h3-6,8,10,18H,9,11H2,1-2H3. The summed E-state index contributed by atoms with van der Waals surface area (Å²) in [7, 11) is 0. The largest absolute Gasteiger partial charge is 0.479 e. The van der Waals surface area contributed by atoms with Crippen molar-refractivity contribution in [1.29, 1.82) is 5.26 Å². The number of benzene rings is 1. The van der Waals surface area contributed by atoms with Gasteiger partial charge in [0.1, 0.15) is 16.8 Å². The van der Waals surface area contributed by atoms with E-state index in [4.69, 9.17) is 10.00 Å². The monoisotopic (exact) mass is 287 g/mol. The molecule has 0 aliphatic carbocycles. The van der Waals surface area contributed by atoms with Crippen LogP contribution in [0, 0.1) is 11.3 Å². The summed E-state index contributed by atoms with van der Waals surface area (Å²) in [5, 5.41) is 15.0. The maximum atomic E-state index is 8.46. The summed E-state index contributed by atoms with van der Waals surface area (Å²) in [5.74, 6) is 0.717. The van der Waals surface area contributed by atoms with Crippen LogP contribution in [0.2, 0.25) is 0 Å². The Hall–Kier alpha value is -1.90. The summed E-state index contributed by atoms with van der Waals surface area (Å²) in [6.45, 7) is 5.08. The molecule has 0 fully saturated rings. The van der Waals surface area contributed by atoms with Gasteiger partial charge in [-0.1, -0.05) is 12.1 Å². The average Bonchev–Trinajstić information content (AvgIpc) is 2.99. The van der Waals surface area contributed by atoms with Crippen molar-refractivity contribution in [3.8, 4) is 11.8 Å². The van der Waals surface area contributed by atoms with Crippen LogP contribution in [0.5, 0.6) is 5.75 Å². The summed E-state index contributed by atoms with van der Waals surface area (Å²) >= 11 is 1.65. The fourth-order valence-corrected chi connectivity index (χ4v) is 2.49. The van der Waals surface area contributed by atoms with Crippen LogP contribution in [0.25, 0.3) is 0 Å². The van der Waals surface area contributed by atoms with E-state index in [2.05, 4.69) is 24.1 Å². The number of aromatic nitrogens is 1. The summed E-state index contributed by atoms with van der Waals surface area (Å²) < 4.78 is 5.22. The SMILES string of the molecule is CC(C)(NCc1ccc(OCC#N)cc1)c1nccs1. The molecule has 0 saturated carbocycles. The molecule has 1 N–H and O–H groups in total. The van der Waals surface area contributed by atoms with Crippen LogP contribution in [-0.2, 0) is 12.1 Å². The van der Waals surface area contributed by atoms with Gasteiger partial charge in [-0.15, -0.1) is 11.3 Å². The zero-order valence-corrected chi connectivity index (χ0v) is 12.4. The molecule has 104 valence electrons. The molecule has 0 unspecified atom stereocenters. The van der Waals surface area contributed by atoms with Crippen molar-refractivity contribution in [2.24, 2.45) is 0 Å². The number of hydrogen-bond acceptors (Lipinski definition) is 5. The van der Waals surface area contributed by atoms with Crippen molar-refractivity contribution >= 4 is 11.3 Å². The van der Waals surface area contributed by atoms with Crippen LogP contribution in [0.4, 0.5) is 0 Å². The highest BCUT2D eigenvalue weighted by molar-refractivity contribution is 7.09. The van der Waals surface area contributed by atoms with E-state index < -0.39 is 0 Å². The lowest BCUT2D eigenvalue weighted by molar-refractivity contribution is 0.367. The minimum Gasteiger partial charge on any atom is -0.479 e. The Kier molecular flexibility index (Phi) is 4.72. The van der Waals surface area contributed by atoms with Crippen molar-refractivity contribution < 1.29 is 4.74 Å². The van der Waals surface area contributed by atoms with Gasteiger partial charge in [0.15, 0.2) is 6.61 Å². The van der Waals surface area contributed by atoms with Crippen LogP contribution in [0.3, 0.4) is 0 Å². The number of thiazole rings is 1. The number of nitriles is 1. The topological polar surface area (TPSA) is 57.9 Å². The molecule has 2 aromatic rings. The zero-order valence-electron chi connectivity index (χ0n) is 11.6. The highest BCUT2D eigenvalue weighted by Gasteiger charge is 2.22. The van der Waals surface area contributed by atoms with E-state index in [0.29, 0.717) is 0 Å². The molecule has 0 radical (unpaired) electrons. The van der Waals surface area contributed by atoms with Crippen LogP contribution < -0.4 is 10.1 Å². The maximum absolute atomic E-state index is 8.46. The Balaban J connectivity index is 1.92. The second-order valence-corrected chi connectivity index (χ2v) is 5.80. The fraction of sp³-hybridized carbons (Fsp3) is 0.333. The molecule has 0 aliphatic rings. The molecule has 2 rings (SSSR count). The minimum atomic E-state index is -0.149. The van der Waals surface area contributed by atoms with E-state index in [1.165, 1.54) is 5.56 Å². The Morgan fingerprint density at radius 1 is 1.35 bits per heavy atom. The Morgan fingerprint density at radius 3 is 2.70 bits per heavy atom. The van der Waals surface area contributed by atoms with Gasteiger partial charge in [-0.2, -0.15) is 5.26 Å². The molecule has 0 bridgehead atoms. The molecule has 0 amide bonds. The van der Waals surface area contributed by atoms with Crippen LogP contribution in [-0.4, -0.2) is 11.6 Å². The molecule has 1 aromatic heterocycles. The van der Waals surface area contributed by atoms with Crippen molar-refractivity contribution in [3.63, 3.8) is 0 Å². The first kappa shape index (κ1) is 14.5. The third kappa shape index (κ3) is 3.80. The highest BCUT2D eigenvalue weighted by atomic mass is 32.1. The van der Waals surface area contributed by atoms with Gasteiger partial charge >= 0.3 is 0 Å². The summed E-state index contributed by atoms with van der Waals surface area (Å²) in [6.07, 6.45) is 1.82. The van der Waals surface area contributed by atoms with Gasteiger partial charge in [-0.25, -0.2) is 4.98 Å². The first-order valence-corrected chi connectivity index (χ1v) is 7.23. The molecule has 5 heteroatoms. The first-order chi connectivity index (χ1) is 9.62. The number of nitrogens with zero attached hydrogens (tertiary/aromatic N) is 2. The quantitative estimate of drug-likeness (QED) is 0.887. The third-order valence-electron chi connectivity index (χ3n) is 2.93. The first-order valence-electron chi connectivity index (χ1n) is 6.35. The maximum Gasteiger partial charge on any atom is 0.174 e. The van der Waals surface area contributed by atoms with Gasteiger partial charge in [0, 0.05) is 18.1 Å². The van der Waals surface area contributed by atoms with Crippen LogP contribution in [0.15, 0.2) is 35.8 Å². The summed E-state index contributed by atoms with van der Waals surface area (Å²) in [4.78, 5) is 4.35. The second-order valence-electron chi connectivity index (χ2n) is 4.91. The fourth-order valence-electron chi connectivity index (χ4n) is 1.75. The smallest absolute Gasteiger partial charge is 0.174 e. The lowest BCUT2D eigenvalue weighted by atomic mass is 10.1. The van der Waals surface area contributed by atoms with Crippen LogP contribution in [0.1, 0.15) is 24.4 Å². The summed E-state index contributed by atoms with van der Waals surface area (Å²) in [6, 6.07) is 9.71. The van der Waals surface area contributed by atoms with E-state index in [0.717, 1.165) is 17.3 Å². The minimum absolute atomic E-state index is 0.0781. The molecular weight excluding hydrogens is 270 g/mol. The molecular formula is C15H17N3OS. The van der Waals surface area contributed by atoms with Gasteiger partial charge in [-0.05, 0) is 31.5 Å². The summed E-state index contributed by atoms with van der Waals surface area (Å²) in [5.41, 5.74) is 1.02.